The fourth-order valence-electron chi connectivity index (χ4n) is 3.02. The van der Waals surface area contributed by atoms with Crippen molar-refractivity contribution < 1.29 is 18.4 Å². The van der Waals surface area contributed by atoms with Gasteiger partial charge in [-0.2, -0.15) is 0 Å². The minimum absolute atomic E-state index is 0.290. The Labute approximate surface area is 174 Å². The van der Waals surface area contributed by atoms with Crippen LogP contribution in [0.1, 0.15) is 19.8 Å². The number of amides is 1. The fraction of sp³-hybridized carbons (Fsp3) is 0.316. The summed E-state index contributed by atoms with van der Waals surface area (Å²) in [7, 11) is -3.83. The summed E-state index contributed by atoms with van der Waals surface area (Å²) < 4.78 is 25.6. The third-order valence-corrected chi connectivity index (χ3v) is 7.05. The van der Waals surface area contributed by atoms with Crippen LogP contribution in [-0.2, 0) is 9.36 Å². The summed E-state index contributed by atoms with van der Waals surface area (Å²) in [6.45, 7) is 2.05. The normalized spacial score (nSPS) is 18.0. The third-order valence-electron chi connectivity index (χ3n) is 4.35. The Bertz CT molecular complexity index is 823. The molecule has 2 atom stereocenters. The van der Waals surface area contributed by atoms with Crippen molar-refractivity contribution in [1.29, 1.82) is 0 Å². The van der Waals surface area contributed by atoms with Crippen molar-refractivity contribution in [3.63, 3.8) is 0 Å². The zero-order valence-corrected chi connectivity index (χ0v) is 17.7. The lowest BCUT2D eigenvalue weighted by molar-refractivity contribution is -0.132. The summed E-state index contributed by atoms with van der Waals surface area (Å²) in [5.41, 5.74) is 5.77. The molecule has 1 aliphatic heterocycles. The average molecular weight is 443 g/mol. The molecule has 0 spiro atoms. The average Bonchev–Trinajstić information content (AvgIpc) is 3.15. The molecule has 9 heteroatoms. The molecule has 0 unspecified atom stereocenters. The second kappa shape index (κ2) is 8.75. The van der Waals surface area contributed by atoms with Gasteiger partial charge in [0.25, 0.3) is 0 Å². The third kappa shape index (κ3) is 4.81. The maximum atomic E-state index is 13.9. The van der Waals surface area contributed by atoms with Gasteiger partial charge in [0.05, 0.1) is 6.04 Å². The number of hydrogen-bond donors (Lipinski definition) is 1. The molecule has 1 amide bonds. The summed E-state index contributed by atoms with van der Waals surface area (Å²) in [6.07, 6.45) is 1.16. The van der Waals surface area contributed by atoms with E-state index in [1.807, 2.05) is 0 Å². The van der Waals surface area contributed by atoms with E-state index in [9.17, 15) is 9.36 Å². The fourth-order valence-corrected chi connectivity index (χ4v) is 5.45. The van der Waals surface area contributed by atoms with E-state index in [0.717, 1.165) is 0 Å². The molecule has 0 aromatic heterocycles. The summed E-state index contributed by atoms with van der Waals surface area (Å²) in [6, 6.07) is 12.2. The highest BCUT2D eigenvalue weighted by Crippen LogP contribution is 2.57. The van der Waals surface area contributed by atoms with Gasteiger partial charge in [-0.25, -0.2) is 4.57 Å². The van der Waals surface area contributed by atoms with E-state index in [-0.39, 0.29) is 5.91 Å². The standard InChI is InChI=1S/C19H21Cl2N2O4P/c1-13(22)19(24)23-12-2-3-18(23)28(25,26-16-8-4-14(20)5-9-16)27-17-10-6-15(21)7-11-17/h4-11,13,18H,2-3,12,22H2,1H3/t13-,18-/m0/s1. The van der Waals surface area contributed by atoms with Crippen molar-refractivity contribution in [2.75, 3.05) is 6.54 Å². The van der Waals surface area contributed by atoms with Gasteiger partial charge in [0.2, 0.25) is 5.91 Å². The van der Waals surface area contributed by atoms with Gasteiger partial charge >= 0.3 is 7.60 Å². The minimum Gasteiger partial charge on any atom is -0.415 e. The lowest BCUT2D eigenvalue weighted by Crippen LogP contribution is -2.45. The molecule has 3 rings (SSSR count). The molecule has 2 N–H and O–H groups in total. The van der Waals surface area contributed by atoms with E-state index in [4.69, 9.17) is 38.0 Å². The minimum atomic E-state index is -3.83. The summed E-state index contributed by atoms with van der Waals surface area (Å²) in [5, 5.41) is 1.05. The van der Waals surface area contributed by atoms with Crippen LogP contribution in [0.2, 0.25) is 10.0 Å². The Morgan fingerprint density at radius 3 is 1.96 bits per heavy atom. The van der Waals surface area contributed by atoms with Crippen LogP contribution in [0, 0.1) is 0 Å². The summed E-state index contributed by atoms with van der Waals surface area (Å²) in [5.74, 6) is -0.358. The molecule has 1 aliphatic rings. The monoisotopic (exact) mass is 442 g/mol. The lowest BCUT2D eigenvalue weighted by Gasteiger charge is -2.31. The van der Waals surface area contributed by atoms with Gasteiger partial charge in [-0.15, -0.1) is 0 Å². The lowest BCUT2D eigenvalue weighted by atomic mass is 10.3. The van der Waals surface area contributed by atoms with E-state index in [0.29, 0.717) is 40.9 Å². The van der Waals surface area contributed by atoms with Crippen LogP contribution in [0.15, 0.2) is 48.5 Å². The van der Waals surface area contributed by atoms with E-state index in [1.54, 1.807) is 55.5 Å². The van der Waals surface area contributed by atoms with Crippen LogP contribution in [0.4, 0.5) is 0 Å². The molecular weight excluding hydrogens is 422 g/mol. The number of benzene rings is 2. The van der Waals surface area contributed by atoms with Gasteiger partial charge < -0.3 is 19.7 Å². The summed E-state index contributed by atoms with van der Waals surface area (Å²) >= 11 is 11.8. The van der Waals surface area contributed by atoms with Crippen LogP contribution in [0.25, 0.3) is 0 Å². The number of rotatable bonds is 6. The molecule has 0 aliphatic carbocycles. The molecule has 0 saturated carbocycles. The van der Waals surface area contributed by atoms with Crippen molar-refractivity contribution in [1.82, 2.24) is 4.90 Å². The molecule has 28 heavy (non-hydrogen) atoms. The highest BCUT2D eigenvalue weighted by Gasteiger charge is 2.48. The number of carbonyl (C=O) groups is 1. The Balaban J connectivity index is 1.95. The molecule has 0 bridgehead atoms. The first-order valence-electron chi connectivity index (χ1n) is 8.84. The second-order valence-corrected chi connectivity index (χ2v) is 9.49. The maximum absolute atomic E-state index is 13.9. The number of hydrogen-bond acceptors (Lipinski definition) is 5. The second-order valence-electron chi connectivity index (χ2n) is 6.57. The van der Waals surface area contributed by atoms with Gasteiger partial charge in [-0.1, -0.05) is 23.2 Å². The predicted molar refractivity (Wildman–Crippen MR) is 110 cm³/mol. The van der Waals surface area contributed by atoms with Crippen molar-refractivity contribution in [2.24, 2.45) is 5.73 Å². The largest absolute Gasteiger partial charge is 0.453 e. The van der Waals surface area contributed by atoms with Gasteiger partial charge in [-0.05, 0) is 68.3 Å². The SMILES string of the molecule is C[C@H](N)C(=O)N1CCC[C@@H]1P(=O)(Oc1ccc(Cl)cc1)Oc1ccc(Cl)cc1. The van der Waals surface area contributed by atoms with E-state index < -0.39 is 19.4 Å². The summed E-state index contributed by atoms with van der Waals surface area (Å²) in [4.78, 5) is 14.0. The van der Waals surface area contributed by atoms with Gasteiger partial charge in [-0.3, -0.25) is 4.79 Å². The first-order valence-corrected chi connectivity index (χ1v) is 11.2. The predicted octanol–water partition coefficient (Wildman–Crippen LogP) is 4.94. The number of nitrogens with zero attached hydrogens (tertiary/aromatic N) is 1. The zero-order chi connectivity index (χ0) is 20.3. The molecule has 1 heterocycles. The first kappa shape index (κ1) is 21.0. The Kier molecular flexibility index (Phi) is 6.56. The quantitative estimate of drug-likeness (QED) is 0.640. The van der Waals surface area contributed by atoms with Crippen molar-refractivity contribution in [3.05, 3.63) is 58.6 Å². The molecule has 1 fully saturated rings. The number of likely N-dealkylation sites (tertiary alicyclic amines) is 1. The smallest absolute Gasteiger partial charge is 0.415 e. The zero-order valence-electron chi connectivity index (χ0n) is 15.3. The van der Waals surface area contributed by atoms with E-state index in [2.05, 4.69) is 0 Å². The molecule has 2 aromatic rings. The van der Waals surface area contributed by atoms with Crippen LogP contribution in [-0.4, -0.2) is 29.2 Å². The number of halogens is 2. The Morgan fingerprint density at radius 2 is 1.54 bits per heavy atom. The van der Waals surface area contributed by atoms with E-state index in [1.165, 1.54) is 4.90 Å². The molecule has 0 radical (unpaired) electrons. The maximum Gasteiger partial charge on any atom is 0.453 e. The molecule has 2 aromatic carbocycles. The number of nitrogens with two attached hydrogens (primary N) is 1. The topological polar surface area (TPSA) is 81.9 Å². The van der Waals surface area contributed by atoms with Crippen molar-refractivity contribution in [2.45, 2.75) is 31.6 Å². The van der Waals surface area contributed by atoms with E-state index >= 15 is 0 Å². The van der Waals surface area contributed by atoms with Crippen molar-refractivity contribution >= 4 is 36.7 Å². The van der Waals surface area contributed by atoms with Crippen molar-refractivity contribution in [3.8, 4) is 11.5 Å². The van der Waals surface area contributed by atoms with Crippen LogP contribution < -0.4 is 14.8 Å². The highest BCUT2D eigenvalue weighted by molar-refractivity contribution is 7.55. The van der Waals surface area contributed by atoms with Gasteiger partial charge in [0.1, 0.15) is 11.5 Å². The highest BCUT2D eigenvalue weighted by atomic mass is 35.5. The van der Waals surface area contributed by atoms with Crippen LogP contribution >= 0.6 is 30.8 Å². The number of carbonyl (C=O) groups excluding carboxylic acids is 1. The van der Waals surface area contributed by atoms with Gasteiger partial charge in [0.15, 0.2) is 5.78 Å². The molecule has 6 nitrogen and oxygen atoms in total. The first-order chi connectivity index (χ1) is 13.3. The molecule has 1 saturated heterocycles. The molecular formula is C19H21Cl2N2O4P. The Hall–Kier alpha value is -1.72. The van der Waals surface area contributed by atoms with Crippen LogP contribution in [0.3, 0.4) is 0 Å². The van der Waals surface area contributed by atoms with Gasteiger partial charge in [0, 0.05) is 16.6 Å². The Morgan fingerprint density at radius 1 is 1.07 bits per heavy atom. The van der Waals surface area contributed by atoms with Crippen LogP contribution in [0.5, 0.6) is 11.5 Å². The molecule has 150 valence electrons.